The van der Waals surface area contributed by atoms with Gasteiger partial charge in [0.1, 0.15) is 0 Å². The molecule has 212 valence electrons. The van der Waals surface area contributed by atoms with E-state index in [2.05, 4.69) is 68.7 Å². The van der Waals surface area contributed by atoms with E-state index < -0.39 is 0 Å². The van der Waals surface area contributed by atoms with Gasteiger partial charge in [0.15, 0.2) is 5.17 Å². The van der Waals surface area contributed by atoms with Crippen molar-refractivity contribution in [2.24, 2.45) is 4.99 Å². The average Bonchev–Trinajstić information content (AvgIpc) is 3.21. The lowest BCUT2D eigenvalue weighted by Gasteiger charge is -2.43. The number of allylic oxidation sites excluding steroid dienone is 1. The van der Waals surface area contributed by atoms with Gasteiger partial charge in [0, 0.05) is 44.0 Å². The minimum atomic E-state index is -0.0265. The smallest absolute Gasteiger partial charge is 0.266 e. The van der Waals surface area contributed by atoms with E-state index in [9.17, 15) is 4.79 Å². The molecule has 0 N–H and O–H groups in total. The van der Waals surface area contributed by atoms with Crippen molar-refractivity contribution in [1.29, 1.82) is 0 Å². The number of fused-ring (bicyclic) bond motifs is 1. The molecule has 0 aliphatic carbocycles. The minimum Gasteiger partial charge on any atom is -0.379 e. The maximum Gasteiger partial charge on any atom is 0.266 e. The number of morpholine rings is 1. The highest BCUT2D eigenvalue weighted by Gasteiger charge is 2.34. The fraction of sp³-hybridized carbons (Fsp3) is 0.455. The highest BCUT2D eigenvalue weighted by Crippen LogP contribution is 2.42. The van der Waals surface area contributed by atoms with Crippen molar-refractivity contribution in [2.75, 3.05) is 50.8 Å². The zero-order chi connectivity index (χ0) is 28.3. The first-order valence-electron chi connectivity index (χ1n) is 14.5. The van der Waals surface area contributed by atoms with Gasteiger partial charge in [-0.15, -0.1) is 0 Å². The number of hydrogen-bond donors (Lipinski definition) is 0. The van der Waals surface area contributed by atoms with Gasteiger partial charge in [-0.25, -0.2) is 4.99 Å². The van der Waals surface area contributed by atoms with Crippen molar-refractivity contribution in [3.8, 4) is 0 Å². The summed E-state index contributed by atoms with van der Waals surface area (Å²) in [6.45, 7) is 17.3. The van der Waals surface area contributed by atoms with Crippen molar-refractivity contribution in [3.63, 3.8) is 0 Å². The molecule has 40 heavy (non-hydrogen) atoms. The molecule has 5 rings (SSSR count). The molecule has 6 nitrogen and oxygen atoms in total. The first kappa shape index (κ1) is 28.7. The second-order valence-corrected chi connectivity index (χ2v) is 12.5. The molecule has 1 amide bonds. The van der Waals surface area contributed by atoms with Crippen LogP contribution in [0.25, 0.3) is 11.6 Å². The minimum absolute atomic E-state index is 0.0265. The van der Waals surface area contributed by atoms with Crippen LogP contribution in [0.15, 0.2) is 58.4 Å². The summed E-state index contributed by atoms with van der Waals surface area (Å²) in [5, 5.41) is 0.756. The summed E-state index contributed by atoms with van der Waals surface area (Å²) in [5.41, 5.74) is 6.93. The predicted octanol–water partition coefficient (Wildman–Crippen LogP) is 6.73. The number of ether oxygens (including phenoxy) is 1. The Morgan fingerprint density at radius 1 is 1.05 bits per heavy atom. The van der Waals surface area contributed by atoms with Gasteiger partial charge in [0.05, 0.1) is 29.3 Å². The number of amidine groups is 1. The normalized spacial score (nSPS) is 21.3. The maximum absolute atomic E-state index is 13.8. The predicted molar refractivity (Wildman–Crippen MR) is 169 cm³/mol. The Balaban J connectivity index is 1.44. The molecule has 2 aromatic rings. The molecule has 0 saturated carbocycles. The zero-order valence-corrected chi connectivity index (χ0v) is 25.4. The summed E-state index contributed by atoms with van der Waals surface area (Å²) >= 11 is 1.49. The maximum atomic E-state index is 13.8. The molecule has 2 saturated heterocycles. The molecule has 2 aromatic carbocycles. The first-order valence-corrected chi connectivity index (χ1v) is 15.4. The number of aliphatic imine (C=N–C) groups is 1. The third kappa shape index (κ3) is 6.22. The van der Waals surface area contributed by atoms with E-state index in [-0.39, 0.29) is 11.4 Å². The van der Waals surface area contributed by atoms with Crippen LogP contribution in [0.5, 0.6) is 0 Å². The first-order chi connectivity index (χ1) is 19.3. The van der Waals surface area contributed by atoms with E-state index in [0.717, 1.165) is 73.6 Å². The molecule has 0 radical (unpaired) electrons. The van der Waals surface area contributed by atoms with E-state index in [4.69, 9.17) is 9.73 Å². The Morgan fingerprint density at radius 2 is 1.80 bits per heavy atom. The monoisotopic (exact) mass is 558 g/mol. The molecule has 2 fully saturated rings. The lowest BCUT2D eigenvalue weighted by Crippen LogP contribution is -2.45. The molecular formula is C33H42N4O2S. The number of aryl methyl sites for hydroxylation is 1. The number of benzene rings is 2. The van der Waals surface area contributed by atoms with Crippen LogP contribution in [0.4, 0.5) is 11.4 Å². The Bertz CT molecular complexity index is 1330. The molecule has 3 heterocycles. The number of rotatable bonds is 8. The number of anilines is 1. The van der Waals surface area contributed by atoms with Crippen LogP contribution in [-0.4, -0.2) is 72.4 Å². The summed E-state index contributed by atoms with van der Waals surface area (Å²) in [4.78, 5) is 26.2. The summed E-state index contributed by atoms with van der Waals surface area (Å²) in [6, 6.07) is 14.5. The highest BCUT2D eigenvalue weighted by atomic mass is 32.2. The number of nitrogens with zero attached hydrogens (tertiary/aromatic N) is 4. The Morgan fingerprint density at radius 3 is 2.52 bits per heavy atom. The fourth-order valence-electron chi connectivity index (χ4n) is 5.85. The van der Waals surface area contributed by atoms with Crippen LogP contribution in [0, 0.1) is 6.92 Å². The second-order valence-electron chi connectivity index (χ2n) is 11.5. The largest absolute Gasteiger partial charge is 0.379 e. The molecule has 0 spiro atoms. The van der Waals surface area contributed by atoms with E-state index in [1.165, 1.54) is 34.1 Å². The van der Waals surface area contributed by atoms with Gasteiger partial charge in [0.2, 0.25) is 0 Å². The SMILES string of the molecule is CCCN1c2cc(C)c(/C=C3/SC(=Nc4ccccc4)N(CCCN4CCOCC4)C3=O)cc2C(C)=CC1(C)C. The van der Waals surface area contributed by atoms with Crippen LogP contribution in [-0.2, 0) is 9.53 Å². The number of hydrogen-bond acceptors (Lipinski definition) is 6. The van der Waals surface area contributed by atoms with Crippen molar-refractivity contribution in [1.82, 2.24) is 9.80 Å². The number of thioether (sulfide) groups is 1. The van der Waals surface area contributed by atoms with E-state index in [1.54, 1.807) is 0 Å². The average molecular weight is 559 g/mol. The number of carbonyl (C=O) groups is 1. The van der Waals surface area contributed by atoms with Gasteiger partial charge in [-0.3, -0.25) is 14.6 Å². The molecule has 3 aliphatic heterocycles. The fourth-order valence-corrected chi connectivity index (χ4v) is 6.87. The summed E-state index contributed by atoms with van der Waals surface area (Å²) in [5.74, 6) is 0.0415. The van der Waals surface area contributed by atoms with Crippen LogP contribution in [0.1, 0.15) is 57.2 Å². The number of carbonyl (C=O) groups excluding carboxylic acids is 1. The van der Waals surface area contributed by atoms with Gasteiger partial charge in [-0.2, -0.15) is 0 Å². The molecular weight excluding hydrogens is 516 g/mol. The zero-order valence-electron chi connectivity index (χ0n) is 24.6. The summed E-state index contributed by atoms with van der Waals surface area (Å²) in [6.07, 6.45) is 6.44. The Labute approximate surface area is 243 Å². The number of para-hydroxylation sites is 1. The second kappa shape index (κ2) is 12.3. The van der Waals surface area contributed by atoms with Crippen LogP contribution in [0.3, 0.4) is 0 Å². The van der Waals surface area contributed by atoms with Crippen molar-refractivity contribution >= 4 is 45.9 Å². The molecule has 0 bridgehead atoms. The molecule has 0 atom stereocenters. The van der Waals surface area contributed by atoms with Crippen molar-refractivity contribution < 1.29 is 9.53 Å². The Hall–Kier alpha value is -2.87. The Kier molecular flexibility index (Phi) is 8.83. The van der Waals surface area contributed by atoms with Crippen LogP contribution in [0.2, 0.25) is 0 Å². The lowest BCUT2D eigenvalue weighted by molar-refractivity contribution is -0.122. The lowest BCUT2D eigenvalue weighted by atomic mass is 9.86. The molecule has 0 aromatic heterocycles. The number of amides is 1. The summed E-state index contributed by atoms with van der Waals surface area (Å²) in [7, 11) is 0. The van der Waals surface area contributed by atoms with Crippen molar-refractivity contribution in [2.45, 2.75) is 53.0 Å². The highest BCUT2D eigenvalue weighted by molar-refractivity contribution is 8.18. The molecule has 7 heteroatoms. The van der Waals surface area contributed by atoms with Crippen molar-refractivity contribution in [3.05, 3.63) is 70.1 Å². The summed E-state index contributed by atoms with van der Waals surface area (Å²) < 4.78 is 5.49. The van der Waals surface area contributed by atoms with Gasteiger partial charge >= 0.3 is 0 Å². The van der Waals surface area contributed by atoms with E-state index in [1.807, 2.05) is 35.2 Å². The third-order valence-corrected chi connectivity index (χ3v) is 8.93. The molecule has 3 aliphatic rings. The van der Waals surface area contributed by atoms with Gasteiger partial charge < -0.3 is 9.64 Å². The van der Waals surface area contributed by atoms with Crippen LogP contribution < -0.4 is 4.90 Å². The van der Waals surface area contributed by atoms with E-state index >= 15 is 0 Å². The standard InChI is InChI=1S/C33H42N4O2S/c1-6-13-37-29-20-24(2)26(21-28(29)25(3)23-33(37,4)5)22-30-31(38)36(15-10-14-35-16-18-39-19-17-35)32(40-30)34-27-11-8-7-9-12-27/h7-9,11-12,20-23H,6,10,13-19H2,1-5H3/b30-22+,34-32?. The third-order valence-electron chi connectivity index (χ3n) is 7.93. The quantitative estimate of drug-likeness (QED) is 0.336. The molecule has 0 unspecified atom stereocenters. The topological polar surface area (TPSA) is 48.4 Å². The van der Waals surface area contributed by atoms with Gasteiger partial charge in [-0.1, -0.05) is 31.2 Å². The van der Waals surface area contributed by atoms with Gasteiger partial charge in [0.25, 0.3) is 5.91 Å². The van der Waals surface area contributed by atoms with Crippen LogP contribution >= 0.6 is 11.8 Å². The van der Waals surface area contributed by atoms with Gasteiger partial charge in [-0.05, 0) is 99.3 Å². The van der Waals surface area contributed by atoms with E-state index in [0.29, 0.717) is 6.54 Å².